The number of ether oxygens (including phenoxy) is 1. The molecule has 3 rings (SSSR count). The van der Waals surface area contributed by atoms with E-state index in [0.717, 1.165) is 17.5 Å². The summed E-state index contributed by atoms with van der Waals surface area (Å²) in [6.45, 7) is 3.16. The fraction of sp³-hybridized carbons (Fsp3) is 0.261. The van der Waals surface area contributed by atoms with Gasteiger partial charge in [-0.15, -0.1) is 0 Å². The molecule has 0 saturated heterocycles. The maximum Gasteiger partial charge on any atom is 0.319 e. The summed E-state index contributed by atoms with van der Waals surface area (Å²) in [5.74, 6) is 0.604. The molecule has 3 N–H and O–H groups in total. The van der Waals surface area contributed by atoms with Gasteiger partial charge < -0.3 is 20.7 Å². The molecule has 162 valence electrons. The molecule has 0 aliphatic rings. The molecule has 0 radical (unpaired) electrons. The van der Waals surface area contributed by atoms with E-state index in [2.05, 4.69) is 20.9 Å². The predicted octanol–water partition coefficient (Wildman–Crippen LogP) is 4.57. The number of carbonyl (C=O) groups is 2. The Bertz CT molecular complexity index is 1030. The summed E-state index contributed by atoms with van der Waals surface area (Å²) in [5, 5.41) is 9.47. The van der Waals surface area contributed by atoms with Crippen LogP contribution in [0.1, 0.15) is 34.1 Å². The van der Waals surface area contributed by atoms with Crippen molar-refractivity contribution in [3.8, 4) is 5.75 Å². The van der Waals surface area contributed by atoms with Gasteiger partial charge in [-0.2, -0.15) is 0 Å². The molecule has 7 nitrogen and oxygen atoms in total. The molecule has 0 aliphatic heterocycles. The topological polar surface area (TPSA) is 92.4 Å². The van der Waals surface area contributed by atoms with Gasteiger partial charge in [0.25, 0.3) is 0 Å². The number of nitrogens with zero attached hydrogens (tertiary/aromatic N) is 1. The van der Waals surface area contributed by atoms with Crippen molar-refractivity contribution >= 4 is 34.0 Å². The summed E-state index contributed by atoms with van der Waals surface area (Å²) < 4.78 is 5.22. The van der Waals surface area contributed by atoms with E-state index in [9.17, 15) is 9.59 Å². The number of urea groups is 1. The van der Waals surface area contributed by atoms with Crippen molar-refractivity contribution in [1.82, 2.24) is 10.3 Å². The van der Waals surface area contributed by atoms with Crippen LogP contribution < -0.4 is 20.7 Å². The Morgan fingerprint density at radius 2 is 1.84 bits per heavy atom. The number of thiazole rings is 1. The summed E-state index contributed by atoms with van der Waals surface area (Å²) in [4.78, 5) is 29.7. The van der Waals surface area contributed by atoms with Crippen molar-refractivity contribution in [3.63, 3.8) is 0 Å². The van der Waals surface area contributed by atoms with E-state index in [1.807, 2.05) is 43.3 Å². The van der Waals surface area contributed by atoms with Gasteiger partial charge in [0.15, 0.2) is 5.13 Å². The zero-order valence-corrected chi connectivity index (χ0v) is 18.4. The lowest BCUT2D eigenvalue weighted by Gasteiger charge is -2.11. The zero-order chi connectivity index (χ0) is 22.1. The molecular formula is C23H26N4O3S. The van der Waals surface area contributed by atoms with E-state index in [1.165, 1.54) is 11.3 Å². The Hall–Kier alpha value is -3.39. The molecule has 0 atom stereocenters. The number of amides is 2. The molecule has 31 heavy (non-hydrogen) atoms. The second-order valence-electron chi connectivity index (χ2n) is 6.73. The molecule has 0 saturated carbocycles. The molecule has 1 heterocycles. The molecule has 0 fully saturated rings. The van der Waals surface area contributed by atoms with Crippen molar-refractivity contribution in [2.24, 2.45) is 0 Å². The molecule has 2 aromatic carbocycles. The van der Waals surface area contributed by atoms with E-state index in [1.54, 1.807) is 25.4 Å². The normalized spacial score (nSPS) is 10.4. The zero-order valence-electron chi connectivity index (χ0n) is 17.6. The quantitative estimate of drug-likeness (QED) is 0.319. The van der Waals surface area contributed by atoms with E-state index >= 15 is 0 Å². The van der Waals surface area contributed by atoms with Crippen molar-refractivity contribution < 1.29 is 14.3 Å². The first kappa shape index (κ1) is 22.3. The monoisotopic (exact) mass is 438 g/mol. The highest BCUT2D eigenvalue weighted by molar-refractivity contribution is 7.17. The van der Waals surface area contributed by atoms with Gasteiger partial charge in [0.1, 0.15) is 5.75 Å². The number of hydrogen-bond donors (Lipinski definition) is 3. The van der Waals surface area contributed by atoms with Crippen molar-refractivity contribution in [2.75, 3.05) is 30.8 Å². The van der Waals surface area contributed by atoms with Crippen molar-refractivity contribution in [1.29, 1.82) is 0 Å². The van der Waals surface area contributed by atoms with Gasteiger partial charge in [-0.3, -0.25) is 4.79 Å². The molecule has 0 unspecified atom stereocenters. The van der Waals surface area contributed by atoms with Gasteiger partial charge in [0, 0.05) is 18.7 Å². The minimum atomic E-state index is -0.291. The second-order valence-corrected chi connectivity index (χ2v) is 7.76. The molecule has 8 heteroatoms. The van der Waals surface area contributed by atoms with Gasteiger partial charge in [-0.05, 0) is 30.5 Å². The van der Waals surface area contributed by atoms with E-state index in [0.29, 0.717) is 41.0 Å². The third-order valence-electron chi connectivity index (χ3n) is 4.64. The van der Waals surface area contributed by atoms with Crippen LogP contribution in [0, 0.1) is 0 Å². The highest BCUT2D eigenvalue weighted by atomic mass is 32.1. The number of para-hydroxylation sites is 2. The number of nitrogens with one attached hydrogen (secondary N) is 3. The molecule has 3 aromatic rings. The molecular weight excluding hydrogens is 412 g/mol. The number of aryl methyl sites for hydroxylation is 1. The van der Waals surface area contributed by atoms with Crippen LogP contribution in [0.25, 0.3) is 0 Å². The Kier molecular flexibility index (Phi) is 8.00. The lowest BCUT2D eigenvalue weighted by molar-refractivity contribution is 0.104. The summed E-state index contributed by atoms with van der Waals surface area (Å²) in [6.07, 6.45) is 3.13. The first-order chi connectivity index (χ1) is 15.1. The standard InChI is InChI=1S/C23H26N4O3S/c1-3-16-9-4-5-10-17(16)21(28)20-15-26-23(31-20)25-14-8-13-24-22(29)27-18-11-6-7-12-19(18)30-2/h4-7,9-12,15H,3,8,13-14H2,1-2H3,(H,25,26)(H2,24,27,29). The number of benzene rings is 2. The summed E-state index contributed by atoms with van der Waals surface area (Å²) in [7, 11) is 1.56. The van der Waals surface area contributed by atoms with Gasteiger partial charge in [0.2, 0.25) is 5.78 Å². The van der Waals surface area contributed by atoms with Crippen molar-refractivity contribution in [3.05, 3.63) is 70.7 Å². The Morgan fingerprint density at radius 1 is 1.06 bits per heavy atom. The van der Waals surface area contributed by atoms with Gasteiger partial charge >= 0.3 is 6.03 Å². The molecule has 0 spiro atoms. The van der Waals surface area contributed by atoms with Gasteiger partial charge in [0.05, 0.1) is 23.9 Å². The number of methoxy groups -OCH3 is 1. The highest BCUT2D eigenvalue weighted by Gasteiger charge is 2.15. The van der Waals surface area contributed by atoms with Crippen molar-refractivity contribution in [2.45, 2.75) is 19.8 Å². The predicted molar refractivity (Wildman–Crippen MR) is 124 cm³/mol. The first-order valence-electron chi connectivity index (χ1n) is 10.1. The number of ketones is 1. The van der Waals surface area contributed by atoms with Crippen LogP contribution >= 0.6 is 11.3 Å². The van der Waals surface area contributed by atoms with Crippen LogP contribution in [0.2, 0.25) is 0 Å². The number of carbonyl (C=O) groups excluding carboxylic acids is 2. The molecule has 2 amide bonds. The average molecular weight is 439 g/mol. The summed E-state index contributed by atoms with van der Waals surface area (Å²) >= 11 is 1.34. The van der Waals surface area contributed by atoms with E-state index < -0.39 is 0 Å². The highest BCUT2D eigenvalue weighted by Crippen LogP contribution is 2.24. The van der Waals surface area contributed by atoms with Gasteiger partial charge in [-0.25, -0.2) is 9.78 Å². The summed E-state index contributed by atoms with van der Waals surface area (Å²) in [5.41, 5.74) is 2.38. The first-order valence-corrected chi connectivity index (χ1v) is 10.9. The number of rotatable bonds is 10. The second kappa shape index (κ2) is 11.1. The van der Waals surface area contributed by atoms with Crippen LogP contribution in [0.15, 0.2) is 54.7 Å². The number of hydrogen-bond acceptors (Lipinski definition) is 6. The lowest BCUT2D eigenvalue weighted by atomic mass is 10.0. The largest absolute Gasteiger partial charge is 0.495 e. The van der Waals surface area contributed by atoms with Crippen LogP contribution in [0.5, 0.6) is 5.75 Å². The lowest BCUT2D eigenvalue weighted by Crippen LogP contribution is -2.30. The van der Waals surface area contributed by atoms with Crippen LogP contribution in [0.3, 0.4) is 0 Å². The van der Waals surface area contributed by atoms with E-state index in [4.69, 9.17) is 4.74 Å². The fourth-order valence-corrected chi connectivity index (χ4v) is 3.84. The summed E-state index contributed by atoms with van der Waals surface area (Å²) in [6, 6.07) is 14.6. The minimum Gasteiger partial charge on any atom is -0.495 e. The fourth-order valence-electron chi connectivity index (χ4n) is 3.04. The molecule has 1 aromatic heterocycles. The Morgan fingerprint density at radius 3 is 2.65 bits per heavy atom. The SMILES string of the molecule is CCc1ccccc1C(=O)c1cnc(NCCCNC(=O)Nc2ccccc2OC)s1. The van der Waals surface area contributed by atoms with E-state index in [-0.39, 0.29) is 11.8 Å². The van der Waals surface area contributed by atoms with Crippen LogP contribution in [-0.4, -0.2) is 37.0 Å². The van der Waals surface area contributed by atoms with Gasteiger partial charge in [-0.1, -0.05) is 54.7 Å². The average Bonchev–Trinajstić information content (AvgIpc) is 3.27. The smallest absolute Gasteiger partial charge is 0.319 e. The third kappa shape index (κ3) is 6.05. The molecule has 0 aliphatic carbocycles. The minimum absolute atomic E-state index is 0.00215. The third-order valence-corrected chi connectivity index (χ3v) is 5.60. The number of anilines is 2. The molecule has 0 bridgehead atoms. The maximum absolute atomic E-state index is 12.8. The Labute approximate surface area is 185 Å². The van der Waals surface area contributed by atoms with Crippen LogP contribution in [-0.2, 0) is 6.42 Å². The van der Waals surface area contributed by atoms with Crippen LogP contribution in [0.4, 0.5) is 15.6 Å². The maximum atomic E-state index is 12.8. The number of aromatic nitrogens is 1. The Balaban J connectivity index is 1.42.